The highest BCUT2D eigenvalue weighted by Crippen LogP contribution is 2.27. The van der Waals surface area contributed by atoms with E-state index in [1.807, 2.05) is 6.20 Å². The number of hydrogen-bond acceptors (Lipinski definition) is 1. The van der Waals surface area contributed by atoms with Crippen molar-refractivity contribution in [3.8, 4) is 0 Å². The zero-order valence-corrected chi connectivity index (χ0v) is 15.7. The van der Waals surface area contributed by atoms with Crippen LogP contribution in [0.2, 0.25) is 0 Å². The summed E-state index contributed by atoms with van der Waals surface area (Å²) in [5.74, 6) is 0. The van der Waals surface area contributed by atoms with E-state index in [1.54, 1.807) is 0 Å². The minimum atomic E-state index is 0.987. The third kappa shape index (κ3) is 3.63. The molecule has 1 N–H and O–H groups in total. The van der Waals surface area contributed by atoms with Gasteiger partial charge in [0.25, 0.3) is 0 Å². The average Bonchev–Trinajstić information content (AvgIpc) is 3.16. The van der Waals surface area contributed by atoms with Crippen LogP contribution in [0.3, 0.4) is 0 Å². The fourth-order valence-corrected chi connectivity index (χ4v) is 3.87. The van der Waals surface area contributed by atoms with Gasteiger partial charge in [-0.2, -0.15) is 0 Å². The Bertz CT molecular complexity index is 922. The molecular formula is C22H21BrN2. The Labute approximate surface area is 157 Å². The van der Waals surface area contributed by atoms with Crippen molar-refractivity contribution in [2.45, 2.75) is 6.42 Å². The van der Waals surface area contributed by atoms with Gasteiger partial charge in [-0.25, -0.2) is 0 Å². The van der Waals surface area contributed by atoms with Gasteiger partial charge in [0, 0.05) is 35.7 Å². The molecular weight excluding hydrogens is 372 g/mol. The Morgan fingerprint density at radius 3 is 2.76 bits per heavy atom. The highest BCUT2D eigenvalue weighted by atomic mass is 79.9. The smallest absolute Gasteiger partial charge is 0.0604 e. The van der Waals surface area contributed by atoms with Gasteiger partial charge in [0.2, 0.25) is 0 Å². The van der Waals surface area contributed by atoms with Crippen LogP contribution in [-0.4, -0.2) is 29.5 Å². The number of nitrogens with one attached hydrogen (secondary N) is 1. The van der Waals surface area contributed by atoms with Crippen LogP contribution in [0.25, 0.3) is 22.6 Å². The number of aromatic nitrogens is 1. The molecule has 0 fully saturated rings. The van der Waals surface area contributed by atoms with Gasteiger partial charge in [0.15, 0.2) is 0 Å². The lowest BCUT2D eigenvalue weighted by molar-refractivity contribution is 0.335. The van der Waals surface area contributed by atoms with E-state index in [-0.39, 0.29) is 0 Å². The molecule has 0 aliphatic carbocycles. The molecule has 2 heterocycles. The highest BCUT2D eigenvalue weighted by molar-refractivity contribution is 9.10. The Morgan fingerprint density at radius 2 is 1.96 bits per heavy atom. The molecule has 0 bridgehead atoms. The number of benzene rings is 2. The summed E-state index contributed by atoms with van der Waals surface area (Å²) in [4.78, 5) is 5.77. The molecule has 1 aliphatic heterocycles. The number of fused-ring (bicyclic) bond motifs is 1. The molecule has 0 radical (unpaired) electrons. The van der Waals surface area contributed by atoms with Gasteiger partial charge in [0.1, 0.15) is 0 Å². The van der Waals surface area contributed by atoms with E-state index >= 15 is 0 Å². The van der Waals surface area contributed by atoms with Crippen LogP contribution < -0.4 is 0 Å². The summed E-state index contributed by atoms with van der Waals surface area (Å²) in [6.45, 7) is 3.12. The summed E-state index contributed by atoms with van der Waals surface area (Å²) in [7, 11) is 0. The van der Waals surface area contributed by atoms with Crippen LogP contribution in [-0.2, 0) is 0 Å². The molecule has 126 valence electrons. The molecule has 0 spiro atoms. The summed E-state index contributed by atoms with van der Waals surface area (Å²) in [5, 5.41) is 1.26. The first kappa shape index (κ1) is 16.4. The quantitative estimate of drug-likeness (QED) is 0.600. The van der Waals surface area contributed by atoms with Crippen molar-refractivity contribution in [2.24, 2.45) is 0 Å². The maximum atomic E-state index is 3.60. The fraction of sp³-hybridized carbons (Fsp3) is 0.182. The summed E-state index contributed by atoms with van der Waals surface area (Å²) in [6.07, 6.45) is 10.00. The number of aromatic amines is 1. The van der Waals surface area contributed by atoms with E-state index in [9.17, 15) is 0 Å². The lowest BCUT2D eigenvalue weighted by atomic mass is 9.99. The number of halogens is 1. The zero-order chi connectivity index (χ0) is 17.1. The lowest BCUT2D eigenvalue weighted by Gasteiger charge is -2.25. The number of nitrogens with zero attached hydrogens (tertiary/aromatic N) is 1. The Hall–Kier alpha value is -2.10. The molecule has 0 unspecified atom stereocenters. The zero-order valence-electron chi connectivity index (χ0n) is 14.1. The second-order valence-electron chi connectivity index (χ2n) is 6.41. The van der Waals surface area contributed by atoms with Crippen LogP contribution in [0.4, 0.5) is 0 Å². The SMILES string of the molecule is Brc1ccc(C=CCN2CC=C(c3ccccc3)CC2)c2cc[nH]c12. The predicted octanol–water partition coefficient (Wildman–Crippen LogP) is 5.73. The molecule has 1 aliphatic rings. The minimum absolute atomic E-state index is 0.987. The predicted molar refractivity (Wildman–Crippen MR) is 111 cm³/mol. The van der Waals surface area contributed by atoms with E-state index in [1.165, 1.54) is 22.1 Å². The topological polar surface area (TPSA) is 19.0 Å². The molecule has 0 amide bonds. The molecule has 3 aromatic rings. The number of H-pyrrole nitrogens is 1. The molecule has 2 nitrogen and oxygen atoms in total. The largest absolute Gasteiger partial charge is 0.360 e. The fourth-order valence-electron chi connectivity index (χ4n) is 3.41. The van der Waals surface area contributed by atoms with E-state index in [4.69, 9.17) is 0 Å². The monoisotopic (exact) mass is 392 g/mol. The maximum absolute atomic E-state index is 3.60. The van der Waals surface area contributed by atoms with Crippen molar-refractivity contribution in [2.75, 3.05) is 19.6 Å². The first-order valence-electron chi connectivity index (χ1n) is 8.70. The van der Waals surface area contributed by atoms with Gasteiger partial charge in [-0.3, -0.25) is 4.90 Å². The summed E-state index contributed by atoms with van der Waals surface area (Å²) < 4.78 is 1.11. The van der Waals surface area contributed by atoms with Crippen molar-refractivity contribution in [3.05, 3.63) is 82.5 Å². The van der Waals surface area contributed by atoms with Crippen LogP contribution >= 0.6 is 15.9 Å². The molecule has 25 heavy (non-hydrogen) atoms. The summed E-state index contributed by atoms with van der Waals surface area (Å²) in [5.41, 5.74) is 5.26. The van der Waals surface area contributed by atoms with E-state index < -0.39 is 0 Å². The maximum Gasteiger partial charge on any atom is 0.0604 e. The number of hydrogen-bond donors (Lipinski definition) is 1. The molecule has 0 atom stereocenters. The first-order chi connectivity index (χ1) is 12.3. The first-order valence-corrected chi connectivity index (χ1v) is 9.49. The standard InChI is InChI=1S/C22H21BrN2/c23-21-9-8-19(20-10-13-24-22(20)21)7-4-14-25-15-11-18(12-16-25)17-5-2-1-3-6-17/h1-11,13,24H,12,14-16H2. The van der Waals surface area contributed by atoms with Crippen molar-refractivity contribution in [1.29, 1.82) is 0 Å². The Morgan fingerprint density at radius 1 is 1.08 bits per heavy atom. The minimum Gasteiger partial charge on any atom is -0.360 e. The van der Waals surface area contributed by atoms with Crippen molar-refractivity contribution >= 4 is 38.5 Å². The number of rotatable bonds is 4. The van der Waals surface area contributed by atoms with Crippen molar-refractivity contribution in [3.63, 3.8) is 0 Å². The molecule has 2 aromatic carbocycles. The normalized spacial score (nSPS) is 15.8. The molecule has 0 saturated carbocycles. The summed E-state index contributed by atoms with van der Waals surface area (Å²) in [6, 6.07) is 17.1. The Balaban J connectivity index is 1.41. The molecule has 1 aromatic heterocycles. The van der Waals surface area contributed by atoms with Gasteiger partial charge in [-0.15, -0.1) is 0 Å². The van der Waals surface area contributed by atoms with E-state index in [2.05, 4.69) is 92.6 Å². The van der Waals surface area contributed by atoms with Crippen LogP contribution in [0.5, 0.6) is 0 Å². The van der Waals surface area contributed by atoms with Gasteiger partial charge in [0.05, 0.1) is 5.52 Å². The molecule has 4 rings (SSSR count). The van der Waals surface area contributed by atoms with Gasteiger partial charge < -0.3 is 4.98 Å². The van der Waals surface area contributed by atoms with E-state index in [0.717, 1.165) is 36.0 Å². The Kier molecular flexibility index (Phi) is 4.86. The van der Waals surface area contributed by atoms with Gasteiger partial charge in [-0.05, 0) is 51.2 Å². The van der Waals surface area contributed by atoms with Crippen LogP contribution in [0, 0.1) is 0 Å². The summed E-state index contributed by atoms with van der Waals surface area (Å²) >= 11 is 3.60. The average molecular weight is 393 g/mol. The lowest BCUT2D eigenvalue weighted by Crippen LogP contribution is -2.28. The van der Waals surface area contributed by atoms with Gasteiger partial charge >= 0.3 is 0 Å². The van der Waals surface area contributed by atoms with Crippen LogP contribution in [0.1, 0.15) is 17.5 Å². The second-order valence-corrected chi connectivity index (χ2v) is 7.26. The molecule has 0 saturated heterocycles. The van der Waals surface area contributed by atoms with E-state index in [0.29, 0.717) is 0 Å². The van der Waals surface area contributed by atoms with Crippen LogP contribution in [0.15, 0.2) is 71.4 Å². The highest BCUT2D eigenvalue weighted by Gasteiger charge is 2.11. The second kappa shape index (κ2) is 7.42. The third-order valence-corrected chi connectivity index (χ3v) is 5.47. The van der Waals surface area contributed by atoms with Crippen molar-refractivity contribution in [1.82, 2.24) is 9.88 Å². The van der Waals surface area contributed by atoms with Crippen molar-refractivity contribution < 1.29 is 0 Å². The third-order valence-electron chi connectivity index (χ3n) is 4.80. The molecule has 3 heteroatoms. The van der Waals surface area contributed by atoms with Gasteiger partial charge in [-0.1, -0.05) is 54.6 Å².